The van der Waals surface area contributed by atoms with Gasteiger partial charge in [-0.1, -0.05) is 36.4 Å². The zero-order chi connectivity index (χ0) is 17.2. The average Bonchev–Trinajstić information content (AvgIpc) is 2.55. The molecule has 0 radical (unpaired) electrons. The van der Waals surface area contributed by atoms with E-state index in [1.807, 2.05) is 18.2 Å². The van der Waals surface area contributed by atoms with Crippen LogP contribution in [0, 0.1) is 5.82 Å². The van der Waals surface area contributed by atoms with Crippen LogP contribution in [0.4, 0.5) is 4.39 Å². The van der Waals surface area contributed by atoms with Crippen molar-refractivity contribution in [2.75, 3.05) is 12.3 Å². The SMILES string of the molecule is O=S(=O)(O)CCCC1NCC(c2ccc(F)cc2)c2ccccc21. The second-order valence-electron chi connectivity index (χ2n) is 6.12. The number of fused-ring (bicyclic) bond motifs is 1. The summed E-state index contributed by atoms with van der Waals surface area (Å²) in [5, 5.41) is 3.45. The van der Waals surface area contributed by atoms with E-state index < -0.39 is 10.1 Å². The maximum atomic E-state index is 13.2. The highest BCUT2D eigenvalue weighted by Crippen LogP contribution is 2.36. The molecule has 0 fully saturated rings. The number of benzene rings is 2. The summed E-state index contributed by atoms with van der Waals surface area (Å²) in [6.45, 7) is 0.708. The van der Waals surface area contributed by atoms with E-state index in [9.17, 15) is 12.8 Å². The first kappa shape index (κ1) is 17.1. The molecular formula is C18H20FNO3S. The minimum absolute atomic E-state index is 0.0552. The molecule has 0 aliphatic carbocycles. The topological polar surface area (TPSA) is 66.4 Å². The predicted molar refractivity (Wildman–Crippen MR) is 91.1 cm³/mol. The standard InChI is InChI=1S/C18H20FNO3S/c19-14-9-7-13(8-10-14)17-12-20-18(6-3-11-24(21,22)23)16-5-2-1-4-15(16)17/h1-2,4-5,7-10,17-18,20H,3,6,11-12H2,(H,21,22,23). The van der Waals surface area contributed by atoms with Crippen LogP contribution in [0.1, 0.15) is 41.5 Å². The van der Waals surface area contributed by atoms with E-state index in [1.165, 1.54) is 17.7 Å². The van der Waals surface area contributed by atoms with Gasteiger partial charge in [0.05, 0.1) is 5.75 Å². The van der Waals surface area contributed by atoms with E-state index in [0.717, 1.165) is 11.1 Å². The Hall–Kier alpha value is -1.76. The van der Waals surface area contributed by atoms with Crippen molar-refractivity contribution in [1.82, 2.24) is 5.32 Å². The van der Waals surface area contributed by atoms with Gasteiger partial charge in [-0.2, -0.15) is 8.42 Å². The van der Waals surface area contributed by atoms with Gasteiger partial charge in [-0.25, -0.2) is 4.39 Å². The van der Waals surface area contributed by atoms with Crippen molar-refractivity contribution < 1.29 is 17.4 Å². The van der Waals surface area contributed by atoms with Gasteiger partial charge in [-0.15, -0.1) is 0 Å². The minimum Gasteiger partial charge on any atom is -0.309 e. The molecular weight excluding hydrogens is 329 g/mol. The number of hydrogen-bond donors (Lipinski definition) is 2. The molecule has 2 aromatic rings. The molecule has 0 aromatic heterocycles. The quantitative estimate of drug-likeness (QED) is 0.813. The summed E-state index contributed by atoms with van der Waals surface area (Å²) in [5.74, 6) is -0.340. The fourth-order valence-corrected chi connectivity index (χ4v) is 3.88. The molecule has 0 spiro atoms. The lowest BCUT2D eigenvalue weighted by molar-refractivity contribution is 0.441. The maximum Gasteiger partial charge on any atom is 0.264 e. The number of rotatable bonds is 5. The lowest BCUT2D eigenvalue weighted by atomic mass is 9.81. The second-order valence-corrected chi connectivity index (χ2v) is 7.69. The van der Waals surface area contributed by atoms with Crippen LogP contribution >= 0.6 is 0 Å². The van der Waals surface area contributed by atoms with Gasteiger partial charge >= 0.3 is 0 Å². The molecule has 4 nitrogen and oxygen atoms in total. The summed E-state index contributed by atoms with van der Waals surface area (Å²) in [5.41, 5.74) is 3.36. The van der Waals surface area contributed by atoms with E-state index in [-0.39, 0.29) is 23.5 Å². The summed E-state index contributed by atoms with van der Waals surface area (Å²) < 4.78 is 43.8. The summed E-state index contributed by atoms with van der Waals surface area (Å²) in [4.78, 5) is 0. The van der Waals surface area contributed by atoms with Crippen LogP contribution in [0.25, 0.3) is 0 Å². The lowest BCUT2D eigenvalue weighted by Gasteiger charge is -2.33. The number of halogens is 1. The molecule has 0 saturated carbocycles. The van der Waals surface area contributed by atoms with Gasteiger partial charge in [0.25, 0.3) is 10.1 Å². The Bertz CT molecular complexity index is 805. The molecule has 2 atom stereocenters. The van der Waals surface area contributed by atoms with Crippen molar-refractivity contribution in [3.8, 4) is 0 Å². The third-order valence-corrected chi connectivity index (χ3v) is 5.29. The molecule has 1 heterocycles. The summed E-state index contributed by atoms with van der Waals surface area (Å²) in [6, 6.07) is 14.6. The summed E-state index contributed by atoms with van der Waals surface area (Å²) >= 11 is 0. The average molecular weight is 349 g/mol. The predicted octanol–water partition coefficient (Wildman–Crippen LogP) is 3.27. The smallest absolute Gasteiger partial charge is 0.264 e. The van der Waals surface area contributed by atoms with Crippen molar-refractivity contribution in [3.05, 3.63) is 71.0 Å². The van der Waals surface area contributed by atoms with Gasteiger partial charge in [0.2, 0.25) is 0 Å². The van der Waals surface area contributed by atoms with Gasteiger partial charge in [-0.05, 0) is 41.7 Å². The Morgan fingerprint density at radius 1 is 1.08 bits per heavy atom. The molecule has 6 heteroatoms. The zero-order valence-corrected chi connectivity index (χ0v) is 14.0. The summed E-state index contributed by atoms with van der Waals surface area (Å²) in [6.07, 6.45) is 1.03. The van der Waals surface area contributed by atoms with E-state index in [1.54, 1.807) is 12.1 Å². The third kappa shape index (κ3) is 4.01. The molecule has 2 aromatic carbocycles. The third-order valence-electron chi connectivity index (χ3n) is 4.48. The molecule has 1 aliphatic heterocycles. The second kappa shape index (κ2) is 7.01. The highest BCUT2D eigenvalue weighted by molar-refractivity contribution is 7.85. The lowest BCUT2D eigenvalue weighted by Crippen LogP contribution is -2.33. The molecule has 0 amide bonds. The van der Waals surface area contributed by atoms with Crippen LogP contribution < -0.4 is 5.32 Å². The first-order valence-electron chi connectivity index (χ1n) is 7.97. The molecule has 0 bridgehead atoms. The van der Waals surface area contributed by atoms with Gasteiger partial charge in [0.1, 0.15) is 5.82 Å². The Morgan fingerprint density at radius 3 is 2.42 bits per heavy atom. The maximum absolute atomic E-state index is 13.2. The molecule has 2 unspecified atom stereocenters. The van der Waals surface area contributed by atoms with Crippen LogP contribution in [0.15, 0.2) is 48.5 Å². The molecule has 2 N–H and O–H groups in total. The van der Waals surface area contributed by atoms with Crippen LogP contribution in [0.2, 0.25) is 0 Å². The van der Waals surface area contributed by atoms with Crippen LogP contribution in [0.3, 0.4) is 0 Å². The van der Waals surface area contributed by atoms with Crippen LogP contribution in [-0.4, -0.2) is 25.3 Å². The Kier molecular flexibility index (Phi) is 4.99. The van der Waals surface area contributed by atoms with Gasteiger partial charge in [0, 0.05) is 18.5 Å². The Labute approximate surface area is 141 Å². The molecule has 0 saturated heterocycles. The van der Waals surface area contributed by atoms with E-state index >= 15 is 0 Å². The fraction of sp³-hybridized carbons (Fsp3) is 0.333. The molecule has 24 heavy (non-hydrogen) atoms. The van der Waals surface area contributed by atoms with Crippen molar-refractivity contribution in [3.63, 3.8) is 0 Å². The van der Waals surface area contributed by atoms with Crippen molar-refractivity contribution >= 4 is 10.1 Å². The van der Waals surface area contributed by atoms with Gasteiger partial charge in [0.15, 0.2) is 0 Å². The molecule has 3 rings (SSSR count). The van der Waals surface area contributed by atoms with Crippen molar-refractivity contribution in [2.24, 2.45) is 0 Å². The van der Waals surface area contributed by atoms with Gasteiger partial charge in [-0.3, -0.25) is 4.55 Å². The monoisotopic (exact) mass is 349 g/mol. The zero-order valence-electron chi connectivity index (χ0n) is 13.2. The first-order valence-corrected chi connectivity index (χ1v) is 9.58. The van der Waals surface area contributed by atoms with Crippen LogP contribution in [0.5, 0.6) is 0 Å². The fourth-order valence-electron chi connectivity index (χ4n) is 3.35. The summed E-state index contributed by atoms with van der Waals surface area (Å²) in [7, 11) is -3.92. The highest BCUT2D eigenvalue weighted by Gasteiger charge is 2.27. The number of hydrogen-bond acceptors (Lipinski definition) is 3. The highest BCUT2D eigenvalue weighted by atomic mass is 32.2. The molecule has 1 aliphatic rings. The minimum atomic E-state index is -3.92. The first-order chi connectivity index (χ1) is 11.4. The largest absolute Gasteiger partial charge is 0.309 e. The van der Waals surface area contributed by atoms with Crippen LogP contribution in [-0.2, 0) is 10.1 Å². The van der Waals surface area contributed by atoms with E-state index in [2.05, 4.69) is 11.4 Å². The van der Waals surface area contributed by atoms with E-state index in [0.29, 0.717) is 19.4 Å². The van der Waals surface area contributed by atoms with Crippen molar-refractivity contribution in [2.45, 2.75) is 24.8 Å². The Balaban J connectivity index is 1.81. The molecule has 128 valence electrons. The van der Waals surface area contributed by atoms with Crippen molar-refractivity contribution in [1.29, 1.82) is 0 Å². The van der Waals surface area contributed by atoms with Gasteiger partial charge < -0.3 is 5.32 Å². The Morgan fingerprint density at radius 2 is 1.75 bits per heavy atom. The van der Waals surface area contributed by atoms with E-state index in [4.69, 9.17) is 4.55 Å². The number of nitrogens with one attached hydrogen (secondary N) is 1. The normalized spacial score (nSPS) is 20.6.